The second-order valence-electron chi connectivity index (χ2n) is 9.81. The number of rotatable bonds is 13. The lowest BCUT2D eigenvalue weighted by Gasteiger charge is -2.22. The summed E-state index contributed by atoms with van der Waals surface area (Å²) in [6.07, 6.45) is 8.52. The van der Waals surface area contributed by atoms with Gasteiger partial charge in [-0.3, -0.25) is 4.90 Å². The van der Waals surface area contributed by atoms with Crippen LogP contribution in [0.5, 0.6) is 23.0 Å². The molecular weight excluding hydrogens is 502 g/mol. The molecule has 0 N–H and O–H groups in total. The molecule has 40 heavy (non-hydrogen) atoms. The Morgan fingerprint density at radius 2 is 1.80 bits per heavy atom. The Hall–Kier alpha value is -4.23. The molecule has 0 bridgehead atoms. The lowest BCUT2D eigenvalue weighted by atomic mass is 10.1. The van der Waals surface area contributed by atoms with E-state index in [4.69, 9.17) is 23.9 Å². The van der Waals surface area contributed by atoms with Gasteiger partial charge >= 0.3 is 0 Å². The predicted molar refractivity (Wildman–Crippen MR) is 158 cm³/mol. The Kier molecular flexibility index (Phi) is 9.04. The molecule has 0 fully saturated rings. The van der Waals surface area contributed by atoms with E-state index >= 15 is 0 Å². The first-order valence-corrected chi connectivity index (χ1v) is 13.8. The predicted octanol–water partition coefficient (Wildman–Crippen LogP) is 6.81. The summed E-state index contributed by atoms with van der Waals surface area (Å²) in [7, 11) is 3.36. The fourth-order valence-corrected chi connectivity index (χ4v) is 4.93. The fourth-order valence-electron chi connectivity index (χ4n) is 4.93. The Balaban J connectivity index is 1.42. The normalized spacial score (nSPS) is 12.4. The Labute approximate surface area is 236 Å². The molecule has 7 heteroatoms. The molecule has 3 aromatic carbocycles. The molecule has 1 aliphatic heterocycles. The van der Waals surface area contributed by atoms with Crippen molar-refractivity contribution in [2.45, 2.75) is 39.4 Å². The van der Waals surface area contributed by atoms with Gasteiger partial charge in [-0.25, -0.2) is 4.98 Å². The molecule has 0 saturated carbocycles. The maximum Gasteiger partial charge on any atom is 0.231 e. The maximum absolute atomic E-state index is 5.65. The van der Waals surface area contributed by atoms with Crippen LogP contribution in [0.2, 0.25) is 0 Å². The van der Waals surface area contributed by atoms with E-state index in [9.17, 15) is 0 Å². The minimum atomic E-state index is 0.270. The number of hydrogen-bond acceptors (Lipinski definition) is 6. The van der Waals surface area contributed by atoms with Gasteiger partial charge in [-0.2, -0.15) is 0 Å². The molecule has 5 rings (SSSR count). The van der Waals surface area contributed by atoms with Gasteiger partial charge in [0.1, 0.15) is 17.3 Å². The molecule has 0 saturated heterocycles. The minimum Gasteiger partial charge on any atom is -0.497 e. The highest BCUT2D eigenvalue weighted by Gasteiger charge is 2.17. The average molecular weight is 540 g/mol. The van der Waals surface area contributed by atoms with Gasteiger partial charge in [0.05, 0.1) is 26.1 Å². The summed E-state index contributed by atoms with van der Waals surface area (Å²) in [5, 5.41) is 0. The number of fused-ring (bicyclic) bond motifs is 1. The number of aromatic nitrogens is 2. The van der Waals surface area contributed by atoms with E-state index in [1.54, 1.807) is 14.2 Å². The quantitative estimate of drug-likeness (QED) is 0.186. The van der Waals surface area contributed by atoms with E-state index in [2.05, 4.69) is 64.9 Å². The van der Waals surface area contributed by atoms with Crippen LogP contribution >= 0.6 is 0 Å². The molecule has 0 unspecified atom stereocenters. The largest absolute Gasteiger partial charge is 0.497 e. The van der Waals surface area contributed by atoms with Crippen LogP contribution < -0.4 is 18.9 Å². The highest BCUT2D eigenvalue weighted by molar-refractivity contribution is 5.60. The molecule has 0 atom stereocenters. The zero-order chi connectivity index (χ0) is 27.7. The monoisotopic (exact) mass is 539 g/mol. The standard InChI is InChI=1S/C33H37N3O4/c1-4-5-18-36-28(21-34-33(36)26-10-7-6-8-11-26)23-35(22-25-13-15-31-32(19-25)40-24-39-31)17-9-12-27-20-29(37-2)14-16-30(27)38-3/h6-16,19-21H,4-5,17-18,22-24H2,1-3H3/b12-9+. The van der Waals surface area contributed by atoms with E-state index in [-0.39, 0.29) is 6.79 Å². The van der Waals surface area contributed by atoms with Crippen molar-refractivity contribution in [2.75, 3.05) is 27.6 Å². The van der Waals surface area contributed by atoms with Gasteiger partial charge in [0, 0.05) is 37.3 Å². The summed E-state index contributed by atoms with van der Waals surface area (Å²) >= 11 is 0. The summed E-state index contributed by atoms with van der Waals surface area (Å²) in [6.45, 7) is 5.65. The Morgan fingerprint density at radius 3 is 2.60 bits per heavy atom. The van der Waals surface area contributed by atoms with Crippen LogP contribution in [0.3, 0.4) is 0 Å². The van der Waals surface area contributed by atoms with Gasteiger partial charge in [0.15, 0.2) is 11.5 Å². The lowest BCUT2D eigenvalue weighted by molar-refractivity contribution is 0.174. The van der Waals surface area contributed by atoms with Gasteiger partial charge < -0.3 is 23.5 Å². The number of nitrogens with zero attached hydrogens (tertiary/aromatic N) is 3. The number of imidazole rings is 1. The Bertz CT molecular complexity index is 1430. The molecule has 1 aromatic heterocycles. The second-order valence-corrected chi connectivity index (χ2v) is 9.81. The van der Waals surface area contributed by atoms with Crippen molar-refractivity contribution in [1.82, 2.24) is 14.5 Å². The van der Waals surface area contributed by atoms with Crippen LogP contribution in [0.4, 0.5) is 0 Å². The van der Waals surface area contributed by atoms with Crippen molar-refractivity contribution in [3.05, 3.63) is 95.8 Å². The number of ether oxygens (including phenoxy) is 4. The van der Waals surface area contributed by atoms with E-state index in [0.29, 0.717) is 0 Å². The van der Waals surface area contributed by atoms with Gasteiger partial charge in [-0.1, -0.05) is 61.9 Å². The molecular formula is C33H37N3O4. The van der Waals surface area contributed by atoms with Gasteiger partial charge in [0.2, 0.25) is 6.79 Å². The molecule has 0 aliphatic carbocycles. The zero-order valence-electron chi connectivity index (χ0n) is 23.5. The van der Waals surface area contributed by atoms with E-state index in [1.165, 1.54) is 11.3 Å². The first-order chi connectivity index (χ1) is 19.7. The maximum atomic E-state index is 5.65. The van der Waals surface area contributed by atoms with Crippen LogP contribution in [-0.2, 0) is 19.6 Å². The first-order valence-electron chi connectivity index (χ1n) is 13.8. The molecule has 0 spiro atoms. The summed E-state index contributed by atoms with van der Waals surface area (Å²) in [4.78, 5) is 7.28. The molecule has 0 amide bonds. The van der Waals surface area contributed by atoms with Crippen LogP contribution in [0.25, 0.3) is 17.5 Å². The van der Waals surface area contributed by atoms with E-state index < -0.39 is 0 Å². The second kappa shape index (κ2) is 13.2. The lowest BCUT2D eigenvalue weighted by Crippen LogP contribution is -2.24. The molecule has 208 valence electrons. The molecule has 7 nitrogen and oxygen atoms in total. The molecule has 1 aliphatic rings. The summed E-state index contributed by atoms with van der Waals surface area (Å²) in [6, 6.07) is 22.4. The highest BCUT2D eigenvalue weighted by atomic mass is 16.7. The van der Waals surface area contributed by atoms with Crippen molar-refractivity contribution >= 4 is 6.08 Å². The Morgan fingerprint density at radius 1 is 0.950 bits per heavy atom. The summed E-state index contributed by atoms with van der Waals surface area (Å²) < 4.78 is 24.6. The zero-order valence-corrected chi connectivity index (χ0v) is 23.5. The van der Waals surface area contributed by atoms with Gasteiger partial charge in [-0.15, -0.1) is 0 Å². The van der Waals surface area contributed by atoms with Crippen LogP contribution in [0, 0.1) is 0 Å². The highest BCUT2D eigenvalue weighted by Crippen LogP contribution is 2.33. The van der Waals surface area contributed by atoms with Crippen LogP contribution in [0.15, 0.2) is 79.0 Å². The number of hydrogen-bond donors (Lipinski definition) is 0. The third kappa shape index (κ3) is 6.49. The molecule has 4 aromatic rings. The minimum absolute atomic E-state index is 0.270. The van der Waals surface area contributed by atoms with Crippen molar-refractivity contribution in [1.29, 1.82) is 0 Å². The van der Waals surface area contributed by atoms with E-state index in [1.807, 2.05) is 36.5 Å². The fraction of sp³-hybridized carbons (Fsp3) is 0.303. The smallest absolute Gasteiger partial charge is 0.231 e. The van der Waals surface area contributed by atoms with Gasteiger partial charge in [0.25, 0.3) is 0 Å². The van der Waals surface area contributed by atoms with Crippen molar-refractivity contribution in [2.24, 2.45) is 0 Å². The third-order valence-corrected chi connectivity index (χ3v) is 7.03. The van der Waals surface area contributed by atoms with Crippen molar-refractivity contribution in [3.63, 3.8) is 0 Å². The number of benzene rings is 3. The number of unbranched alkanes of at least 4 members (excludes halogenated alkanes) is 1. The van der Waals surface area contributed by atoms with Crippen LogP contribution in [-0.4, -0.2) is 42.0 Å². The topological polar surface area (TPSA) is 58.0 Å². The molecule has 2 heterocycles. The van der Waals surface area contributed by atoms with Gasteiger partial charge in [-0.05, 0) is 42.3 Å². The number of methoxy groups -OCH3 is 2. The van der Waals surface area contributed by atoms with Crippen LogP contribution in [0.1, 0.15) is 36.6 Å². The SMILES string of the molecule is CCCCn1c(CN(C/C=C/c2cc(OC)ccc2OC)Cc2ccc3c(c2)OCO3)cnc1-c1ccccc1. The summed E-state index contributed by atoms with van der Waals surface area (Å²) in [5.41, 5.74) is 4.47. The third-order valence-electron chi connectivity index (χ3n) is 7.03. The van der Waals surface area contributed by atoms with Crippen molar-refractivity contribution in [3.8, 4) is 34.4 Å². The average Bonchev–Trinajstić information content (AvgIpc) is 3.63. The first kappa shape index (κ1) is 27.3. The summed E-state index contributed by atoms with van der Waals surface area (Å²) in [5.74, 6) is 4.22. The van der Waals surface area contributed by atoms with Crippen molar-refractivity contribution < 1.29 is 18.9 Å². The molecule has 0 radical (unpaired) electrons. The van der Waals surface area contributed by atoms with E-state index in [0.717, 1.165) is 79.0 Å².